The lowest BCUT2D eigenvalue weighted by Gasteiger charge is -2.23. The number of aliphatic carboxylic acids is 1. The number of carbonyl (C=O) groups excluding carboxylic acids is 2. The molecule has 188 valence electrons. The molecule has 1 aliphatic rings. The van der Waals surface area contributed by atoms with Crippen molar-refractivity contribution in [2.24, 2.45) is 5.92 Å². The van der Waals surface area contributed by atoms with Crippen molar-refractivity contribution < 1.29 is 29.0 Å². The number of amides is 2. The number of carbonyl (C=O) groups is 3. The number of ether oxygens (including phenoxy) is 2. The monoisotopic (exact) mass is 482 g/mol. The van der Waals surface area contributed by atoms with Crippen molar-refractivity contribution in [2.45, 2.75) is 51.1 Å². The van der Waals surface area contributed by atoms with E-state index in [1.54, 1.807) is 0 Å². The van der Waals surface area contributed by atoms with Crippen LogP contribution >= 0.6 is 0 Å². The maximum Gasteiger partial charge on any atom is 0.407 e. The average molecular weight is 483 g/mol. The summed E-state index contributed by atoms with van der Waals surface area (Å²) >= 11 is 0. The number of alkyl carbamates (subject to hydrolysis) is 1. The highest BCUT2D eigenvalue weighted by Crippen LogP contribution is 2.44. The fourth-order valence-corrected chi connectivity index (χ4v) is 4.45. The molecule has 35 heavy (non-hydrogen) atoms. The number of hydrogen-bond acceptors (Lipinski definition) is 5. The normalized spacial score (nSPS) is 14.1. The lowest BCUT2D eigenvalue weighted by molar-refractivity contribution is -0.142. The fraction of sp³-hybridized carbons (Fsp3) is 0.444. The predicted octanol–water partition coefficient (Wildman–Crippen LogP) is 3.94. The Kier molecular flexibility index (Phi) is 9.25. The van der Waals surface area contributed by atoms with E-state index in [9.17, 15) is 19.5 Å². The van der Waals surface area contributed by atoms with E-state index in [0.717, 1.165) is 22.3 Å². The van der Waals surface area contributed by atoms with Gasteiger partial charge in [0.1, 0.15) is 18.7 Å². The van der Waals surface area contributed by atoms with Crippen LogP contribution in [0.3, 0.4) is 0 Å². The minimum atomic E-state index is -1.13. The summed E-state index contributed by atoms with van der Waals surface area (Å²) in [6, 6.07) is 14.1. The summed E-state index contributed by atoms with van der Waals surface area (Å²) in [6.45, 7) is 4.37. The number of carboxylic acid groups (broad SMARTS) is 1. The summed E-state index contributed by atoms with van der Waals surface area (Å²) < 4.78 is 10.5. The summed E-state index contributed by atoms with van der Waals surface area (Å²) in [5.74, 6) is -1.67. The Morgan fingerprint density at radius 3 is 2.09 bits per heavy atom. The highest BCUT2D eigenvalue weighted by atomic mass is 16.5. The van der Waals surface area contributed by atoms with Crippen molar-refractivity contribution in [3.05, 3.63) is 59.7 Å². The van der Waals surface area contributed by atoms with Crippen LogP contribution in [0.25, 0.3) is 11.1 Å². The van der Waals surface area contributed by atoms with Gasteiger partial charge in [0.2, 0.25) is 5.91 Å². The number of rotatable bonds is 12. The number of benzene rings is 2. The molecule has 2 aromatic carbocycles. The van der Waals surface area contributed by atoms with E-state index in [1.807, 2.05) is 50.2 Å². The molecule has 0 saturated heterocycles. The second-order valence-corrected chi connectivity index (χ2v) is 9.19. The second kappa shape index (κ2) is 12.4. The lowest BCUT2D eigenvalue weighted by atomic mass is 9.98. The largest absolute Gasteiger partial charge is 0.480 e. The van der Waals surface area contributed by atoms with Crippen LogP contribution in [0.4, 0.5) is 4.79 Å². The molecule has 1 aliphatic carbocycles. The van der Waals surface area contributed by atoms with Crippen molar-refractivity contribution in [1.82, 2.24) is 10.6 Å². The van der Waals surface area contributed by atoms with Crippen LogP contribution in [0.15, 0.2) is 48.5 Å². The molecule has 0 fully saturated rings. The summed E-state index contributed by atoms with van der Waals surface area (Å²) in [7, 11) is 1.53. The van der Waals surface area contributed by atoms with Gasteiger partial charge in [-0.3, -0.25) is 4.79 Å². The van der Waals surface area contributed by atoms with Crippen LogP contribution < -0.4 is 10.6 Å². The molecule has 8 heteroatoms. The summed E-state index contributed by atoms with van der Waals surface area (Å²) in [6.07, 6.45) is 0.357. The van der Waals surface area contributed by atoms with Gasteiger partial charge in [0.05, 0.1) is 0 Å². The molecular weight excluding hydrogens is 448 g/mol. The number of carboxylic acids is 1. The summed E-state index contributed by atoms with van der Waals surface area (Å²) in [4.78, 5) is 37.2. The Labute approximate surface area is 206 Å². The van der Waals surface area contributed by atoms with Crippen LogP contribution in [0.1, 0.15) is 50.2 Å². The van der Waals surface area contributed by atoms with Crippen molar-refractivity contribution in [2.75, 3.05) is 20.3 Å². The van der Waals surface area contributed by atoms with Crippen LogP contribution in [0.5, 0.6) is 0 Å². The molecular formula is C27H34N2O6. The van der Waals surface area contributed by atoms with Crippen molar-refractivity contribution in [1.29, 1.82) is 0 Å². The fourth-order valence-electron chi connectivity index (χ4n) is 4.45. The lowest BCUT2D eigenvalue weighted by Crippen LogP contribution is -2.52. The molecule has 3 N–H and O–H groups in total. The highest BCUT2D eigenvalue weighted by molar-refractivity contribution is 5.89. The third-order valence-corrected chi connectivity index (χ3v) is 6.12. The molecule has 0 aliphatic heterocycles. The van der Waals surface area contributed by atoms with E-state index in [2.05, 4.69) is 22.8 Å². The molecule has 0 bridgehead atoms. The average Bonchev–Trinajstić information content (AvgIpc) is 3.15. The van der Waals surface area contributed by atoms with E-state index in [1.165, 1.54) is 7.11 Å². The first-order chi connectivity index (χ1) is 16.8. The zero-order valence-electron chi connectivity index (χ0n) is 20.5. The molecule has 8 nitrogen and oxygen atoms in total. The molecule has 2 aromatic rings. The summed E-state index contributed by atoms with van der Waals surface area (Å²) in [5, 5.41) is 14.7. The maximum absolute atomic E-state index is 12.9. The molecule has 0 heterocycles. The molecule has 0 radical (unpaired) electrons. The Bertz CT molecular complexity index is 992. The number of methoxy groups -OCH3 is 1. The third-order valence-electron chi connectivity index (χ3n) is 6.12. The topological polar surface area (TPSA) is 114 Å². The van der Waals surface area contributed by atoms with E-state index in [-0.39, 0.29) is 24.9 Å². The predicted molar refractivity (Wildman–Crippen MR) is 132 cm³/mol. The van der Waals surface area contributed by atoms with Gasteiger partial charge in [0.25, 0.3) is 0 Å². The quantitative estimate of drug-likeness (QED) is 0.395. The summed E-state index contributed by atoms with van der Waals surface area (Å²) in [5.41, 5.74) is 4.45. The van der Waals surface area contributed by atoms with Crippen LogP contribution in [-0.4, -0.2) is 55.5 Å². The third kappa shape index (κ3) is 6.82. The van der Waals surface area contributed by atoms with Gasteiger partial charge in [0.15, 0.2) is 0 Å². The smallest absolute Gasteiger partial charge is 0.407 e. The van der Waals surface area contributed by atoms with Crippen molar-refractivity contribution in [3.63, 3.8) is 0 Å². The van der Waals surface area contributed by atoms with Crippen molar-refractivity contribution >= 4 is 18.0 Å². The minimum absolute atomic E-state index is 0.0939. The molecule has 0 aromatic heterocycles. The van der Waals surface area contributed by atoms with E-state index < -0.39 is 30.1 Å². The van der Waals surface area contributed by atoms with Crippen LogP contribution in [-0.2, 0) is 19.1 Å². The molecule has 3 rings (SSSR count). The Balaban J connectivity index is 1.64. The Morgan fingerprint density at radius 1 is 0.943 bits per heavy atom. The first kappa shape index (κ1) is 26.2. The standard InChI is InChI=1S/C27H34N2O6/c1-17(2)15-24(25(30)28-23(26(31)32)13-8-14-34-3)29-27(33)35-16-22-20-11-6-4-9-18(20)19-10-5-7-12-21(19)22/h4-7,9-12,17,22-24H,8,13-16H2,1-3H3,(H,28,30)(H,29,33)(H,31,32)/t23?,24-/m0/s1. The van der Waals surface area contributed by atoms with E-state index >= 15 is 0 Å². The zero-order valence-corrected chi connectivity index (χ0v) is 20.5. The van der Waals surface area contributed by atoms with Gasteiger partial charge < -0.3 is 25.2 Å². The Morgan fingerprint density at radius 2 is 1.54 bits per heavy atom. The van der Waals surface area contributed by atoms with Gasteiger partial charge in [-0.2, -0.15) is 0 Å². The molecule has 0 saturated carbocycles. The number of fused-ring (bicyclic) bond motifs is 3. The zero-order chi connectivity index (χ0) is 25.4. The van der Waals surface area contributed by atoms with Gasteiger partial charge in [-0.25, -0.2) is 9.59 Å². The first-order valence-electron chi connectivity index (χ1n) is 12.0. The van der Waals surface area contributed by atoms with Gasteiger partial charge in [-0.1, -0.05) is 62.4 Å². The Hall–Kier alpha value is -3.39. The highest BCUT2D eigenvalue weighted by Gasteiger charge is 2.31. The number of nitrogens with one attached hydrogen (secondary N) is 2. The maximum atomic E-state index is 12.9. The number of hydrogen-bond donors (Lipinski definition) is 3. The van der Waals surface area contributed by atoms with E-state index in [0.29, 0.717) is 19.4 Å². The SMILES string of the molecule is COCCCC(NC(=O)[C@H](CC(C)C)NC(=O)OCC1c2ccccc2-c2ccccc21)C(=O)O. The minimum Gasteiger partial charge on any atom is -0.480 e. The molecule has 2 atom stereocenters. The first-order valence-corrected chi connectivity index (χ1v) is 12.0. The molecule has 0 spiro atoms. The molecule has 1 unspecified atom stereocenters. The molecule has 2 amide bonds. The van der Waals surface area contributed by atoms with Gasteiger partial charge in [-0.15, -0.1) is 0 Å². The van der Waals surface area contributed by atoms with Crippen LogP contribution in [0, 0.1) is 5.92 Å². The van der Waals surface area contributed by atoms with Gasteiger partial charge >= 0.3 is 12.1 Å². The van der Waals surface area contributed by atoms with E-state index in [4.69, 9.17) is 9.47 Å². The van der Waals surface area contributed by atoms with Crippen molar-refractivity contribution in [3.8, 4) is 11.1 Å². The van der Waals surface area contributed by atoms with Gasteiger partial charge in [0, 0.05) is 19.6 Å². The second-order valence-electron chi connectivity index (χ2n) is 9.19. The van der Waals surface area contributed by atoms with Crippen LogP contribution in [0.2, 0.25) is 0 Å². The van der Waals surface area contributed by atoms with Gasteiger partial charge in [-0.05, 0) is 47.4 Å².